The van der Waals surface area contributed by atoms with E-state index in [9.17, 15) is 0 Å². The second-order valence-electron chi connectivity index (χ2n) is 6.83. The van der Waals surface area contributed by atoms with Crippen LogP contribution in [0.4, 0.5) is 0 Å². The molecule has 154 valence electrons. The van der Waals surface area contributed by atoms with Crippen molar-refractivity contribution in [1.82, 2.24) is 10.2 Å². The Kier molecular flexibility index (Phi) is 12.5. The molecule has 1 fully saturated rings. The minimum atomic E-state index is 0. The molecule has 0 saturated carbocycles. The van der Waals surface area contributed by atoms with Crippen molar-refractivity contribution >= 4 is 29.9 Å². The van der Waals surface area contributed by atoms with E-state index < -0.39 is 0 Å². The van der Waals surface area contributed by atoms with Crippen LogP contribution in [0.1, 0.15) is 38.7 Å². The molecule has 1 N–H and O–H groups in total. The zero-order chi connectivity index (χ0) is 18.6. The number of nitrogens with zero attached hydrogens (tertiary/aromatic N) is 2. The first-order valence-corrected chi connectivity index (χ1v) is 10.0. The SMILES string of the molecule is CCNC(=NCCc1cccc(OCC)c1)N(C)CCC1CCOCC1.I. The van der Waals surface area contributed by atoms with Gasteiger partial charge in [-0.3, -0.25) is 4.99 Å². The van der Waals surface area contributed by atoms with Crippen LogP contribution in [-0.4, -0.2) is 57.4 Å². The van der Waals surface area contributed by atoms with Crippen LogP contribution in [0.2, 0.25) is 0 Å². The van der Waals surface area contributed by atoms with Crippen molar-refractivity contribution in [1.29, 1.82) is 0 Å². The number of aliphatic imine (C=N–C) groups is 1. The summed E-state index contributed by atoms with van der Waals surface area (Å²) in [5.74, 6) is 2.73. The van der Waals surface area contributed by atoms with Gasteiger partial charge in [-0.25, -0.2) is 0 Å². The Hall–Kier alpha value is -1.02. The summed E-state index contributed by atoms with van der Waals surface area (Å²) in [6, 6.07) is 8.31. The fourth-order valence-corrected chi connectivity index (χ4v) is 3.24. The highest BCUT2D eigenvalue weighted by molar-refractivity contribution is 14.0. The molecule has 1 saturated heterocycles. The van der Waals surface area contributed by atoms with E-state index in [1.807, 2.05) is 13.0 Å². The molecular formula is C21H36IN3O2. The molecule has 0 bridgehead atoms. The van der Waals surface area contributed by atoms with Crippen molar-refractivity contribution in [3.05, 3.63) is 29.8 Å². The third-order valence-electron chi connectivity index (χ3n) is 4.78. The lowest BCUT2D eigenvalue weighted by atomic mass is 9.96. The molecule has 5 nitrogen and oxygen atoms in total. The smallest absolute Gasteiger partial charge is 0.193 e. The molecule has 1 aromatic carbocycles. The molecule has 0 atom stereocenters. The molecule has 2 rings (SSSR count). The van der Waals surface area contributed by atoms with Crippen LogP contribution < -0.4 is 10.1 Å². The largest absolute Gasteiger partial charge is 0.494 e. The third-order valence-corrected chi connectivity index (χ3v) is 4.78. The molecule has 1 aliphatic heterocycles. The Morgan fingerprint density at radius 3 is 2.78 bits per heavy atom. The van der Waals surface area contributed by atoms with Crippen molar-refractivity contribution in [2.24, 2.45) is 10.9 Å². The minimum absolute atomic E-state index is 0. The van der Waals surface area contributed by atoms with E-state index in [0.29, 0.717) is 6.61 Å². The lowest BCUT2D eigenvalue weighted by molar-refractivity contribution is 0.0625. The Labute approximate surface area is 181 Å². The predicted molar refractivity (Wildman–Crippen MR) is 123 cm³/mol. The normalized spacial score (nSPS) is 15.1. The summed E-state index contributed by atoms with van der Waals surface area (Å²) >= 11 is 0. The molecule has 27 heavy (non-hydrogen) atoms. The number of rotatable bonds is 9. The molecule has 0 radical (unpaired) electrons. The number of ether oxygens (including phenoxy) is 2. The number of nitrogens with one attached hydrogen (secondary N) is 1. The maximum absolute atomic E-state index is 5.57. The van der Waals surface area contributed by atoms with E-state index in [0.717, 1.165) is 56.9 Å². The molecule has 1 heterocycles. The fourth-order valence-electron chi connectivity index (χ4n) is 3.24. The van der Waals surface area contributed by atoms with Gasteiger partial charge in [0.2, 0.25) is 0 Å². The summed E-state index contributed by atoms with van der Waals surface area (Å²) in [7, 11) is 2.14. The summed E-state index contributed by atoms with van der Waals surface area (Å²) in [4.78, 5) is 7.07. The Morgan fingerprint density at radius 2 is 2.07 bits per heavy atom. The molecule has 0 unspecified atom stereocenters. The maximum atomic E-state index is 5.57. The maximum Gasteiger partial charge on any atom is 0.193 e. The molecule has 0 amide bonds. The van der Waals surface area contributed by atoms with E-state index in [4.69, 9.17) is 14.5 Å². The van der Waals surface area contributed by atoms with Crippen LogP contribution in [0.25, 0.3) is 0 Å². The van der Waals surface area contributed by atoms with Gasteiger partial charge in [-0.2, -0.15) is 0 Å². The summed E-state index contributed by atoms with van der Waals surface area (Å²) in [5.41, 5.74) is 1.26. The first-order chi connectivity index (χ1) is 12.7. The van der Waals surface area contributed by atoms with Gasteiger partial charge in [0.15, 0.2) is 5.96 Å². The predicted octanol–water partition coefficient (Wildman–Crippen LogP) is 3.96. The van der Waals surface area contributed by atoms with Gasteiger partial charge >= 0.3 is 0 Å². The van der Waals surface area contributed by atoms with Gasteiger partial charge in [0, 0.05) is 39.9 Å². The molecule has 6 heteroatoms. The average molecular weight is 489 g/mol. The van der Waals surface area contributed by atoms with Crippen LogP contribution in [0.15, 0.2) is 29.3 Å². The van der Waals surface area contributed by atoms with Gasteiger partial charge in [0.25, 0.3) is 0 Å². The van der Waals surface area contributed by atoms with Gasteiger partial charge in [-0.1, -0.05) is 12.1 Å². The Balaban J connectivity index is 0.00000364. The molecular weight excluding hydrogens is 453 g/mol. The second kappa shape index (κ2) is 14.0. The minimum Gasteiger partial charge on any atom is -0.494 e. The first kappa shape index (κ1) is 24.0. The summed E-state index contributed by atoms with van der Waals surface area (Å²) in [5, 5.41) is 3.41. The topological polar surface area (TPSA) is 46.1 Å². The lowest BCUT2D eigenvalue weighted by Crippen LogP contribution is -2.40. The summed E-state index contributed by atoms with van der Waals surface area (Å²) < 4.78 is 11.0. The van der Waals surface area contributed by atoms with Crippen LogP contribution >= 0.6 is 24.0 Å². The van der Waals surface area contributed by atoms with Crippen LogP contribution in [0, 0.1) is 5.92 Å². The monoisotopic (exact) mass is 489 g/mol. The lowest BCUT2D eigenvalue weighted by Gasteiger charge is -2.26. The summed E-state index contributed by atoms with van der Waals surface area (Å²) in [6.07, 6.45) is 4.51. The highest BCUT2D eigenvalue weighted by atomic mass is 127. The van der Waals surface area contributed by atoms with Gasteiger partial charge in [-0.15, -0.1) is 24.0 Å². The van der Waals surface area contributed by atoms with Crippen molar-refractivity contribution in [2.75, 3.05) is 46.5 Å². The zero-order valence-corrected chi connectivity index (χ0v) is 19.4. The standard InChI is InChI=1S/C21H35N3O2.HI/c1-4-22-21(24(3)14-10-18-11-15-25-16-12-18)23-13-9-19-7-6-8-20(17-19)26-5-2;/h6-8,17-18H,4-5,9-16H2,1-3H3,(H,22,23);1H. The zero-order valence-electron chi connectivity index (χ0n) is 17.1. The molecule has 1 aliphatic rings. The number of benzene rings is 1. The molecule has 1 aromatic rings. The second-order valence-corrected chi connectivity index (χ2v) is 6.83. The van der Waals surface area contributed by atoms with Crippen LogP contribution in [-0.2, 0) is 11.2 Å². The van der Waals surface area contributed by atoms with E-state index in [1.165, 1.54) is 24.8 Å². The molecule has 0 aromatic heterocycles. The quantitative estimate of drug-likeness (QED) is 0.324. The number of halogens is 1. The highest BCUT2D eigenvalue weighted by Crippen LogP contribution is 2.18. The number of hydrogen-bond donors (Lipinski definition) is 1. The van der Waals surface area contributed by atoms with Crippen LogP contribution in [0.3, 0.4) is 0 Å². The van der Waals surface area contributed by atoms with Gasteiger partial charge in [-0.05, 0) is 63.1 Å². The van der Waals surface area contributed by atoms with E-state index in [1.54, 1.807) is 0 Å². The Morgan fingerprint density at radius 1 is 1.30 bits per heavy atom. The Bertz CT molecular complexity index is 548. The summed E-state index contributed by atoms with van der Waals surface area (Å²) in [6.45, 7) is 9.37. The first-order valence-electron chi connectivity index (χ1n) is 10.0. The molecule has 0 aliphatic carbocycles. The highest BCUT2D eigenvalue weighted by Gasteiger charge is 2.15. The van der Waals surface area contributed by atoms with Gasteiger partial charge < -0.3 is 19.7 Å². The van der Waals surface area contributed by atoms with Crippen LogP contribution in [0.5, 0.6) is 5.75 Å². The average Bonchev–Trinajstić information content (AvgIpc) is 2.67. The van der Waals surface area contributed by atoms with Crippen molar-refractivity contribution in [2.45, 2.75) is 39.5 Å². The van der Waals surface area contributed by atoms with Crippen molar-refractivity contribution in [3.63, 3.8) is 0 Å². The van der Waals surface area contributed by atoms with Crippen molar-refractivity contribution < 1.29 is 9.47 Å². The third kappa shape index (κ3) is 9.14. The molecule has 0 spiro atoms. The van der Waals surface area contributed by atoms with Crippen molar-refractivity contribution in [3.8, 4) is 5.75 Å². The number of hydrogen-bond acceptors (Lipinski definition) is 3. The van der Waals surface area contributed by atoms with E-state index >= 15 is 0 Å². The van der Waals surface area contributed by atoms with Gasteiger partial charge in [0.1, 0.15) is 5.75 Å². The van der Waals surface area contributed by atoms with Gasteiger partial charge in [0.05, 0.1) is 6.61 Å². The van der Waals surface area contributed by atoms with E-state index in [-0.39, 0.29) is 24.0 Å². The van der Waals surface area contributed by atoms with E-state index in [2.05, 4.69) is 42.4 Å². The fraction of sp³-hybridized carbons (Fsp3) is 0.667. The number of guanidine groups is 1.